The van der Waals surface area contributed by atoms with Crippen LogP contribution >= 0.6 is 31.9 Å². The number of nitrogens with one attached hydrogen (secondary N) is 2. The summed E-state index contributed by atoms with van der Waals surface area (Å²) >= 11 is 6.84. The quantitative estimate of drug-likeness (QED) is 0.863. The number of carbonyl (C=O) groups excluding carboxylic acids is 1. The van der Waals surface area contributed by atoms with Crippen LogP contribution in [0.3, 0.4) is 0 Å². The number of amides is 1. The smallest absolute Gasteiger partial charge is 0.258 e. The number of hydrogen-bond donors (Lipinski definition) is 2. The van der Waals surface area contributed by atoms with Gasteiger partial charge in [0, 0.05) is 15.1 Å². The van der Waals surface area contributed by atoms with E-state index in [1.807, 2.05) is 19.1 Å². The molecule has 0 atom stereocenters. The highest BCUT2D eigenvalue weighted by Gasteiger charge is 2.12. The minimum atomic E-state index is -0.205. The fourth-order valence-corrected chi connectivity index (χ4v) is 2.99. The van der Waals surface area contributed by atoms with E-state index in [1.54, 1.807) is 6.20 Å². The first-order chi connectivity index (χ1) is 8.08. The number of H-pyrrole nitrogens is 1. The van der Waals surface area contributed by atoms with Gasteiger partial charge >= 0.3 is 0 Å². The van der Waals surface area contributed by atoms with Crippen molar-refractivity contribution in [3.05, 3.63) is 44.6 Å². The van der Waals surface area contributed by atoms with Crippen LogP contribution in [0.15, 0.2) is 33.5 Å². The third-order valence-corrected chi connectivity index (χ3v) is 3.44. The van der Waals surface area contributed by atoms with E-state index in [2.05, 4.69) is 47.4 Å². The van der Waals surface area contributed by atoms with Gasteiger partial charge in [0.1, 0.15) is 0 Å². The summed E-state index contributed by atoms with van der Waals surface area (Å²) < 4.78 is 1.67. The molecule has 0 fully saturated rings. The van der Waals surface area contributed by atoms with E-state index in [9.17, 15) is 4.79 Å². The van der Waals surface area contributed by atoms with Crippen LogP contribution < -0.4 is 5.32 Å². The number of benzene rings is 1. The van der Waals surface area contributed by atoms with Gasteiger partial charge in [-0.25, -0.2) is 0 Å². The van der Waals surface area contributed by atoms with E-state index in [0.29, 0.717) is 11.3 Å². The number of carbonyl (C=O) groups is 1. The van der Waals surface area contributed by atoms with Crippen LogP contribution in [0.1, 0.15) is 15.9 Å². The minimum Gasteiger partial charge on any atom is -0.320 e. The van der Waals surface area contributed by atoms with Crippen LogP contribution in [-0.4, -0.2) is 16.1 Å². The zero-order valence-electron chi connectivity index (χ0n) is 8.92. The van der Waals surface area contributed by atoms with Crippen molar-refractivity contribution in [2.45, 2.75) is 6.92 Å². The molecular formula is C11H9Br2N3O. The van der Waals surface area contributed by atoms with Crippen molar-refractivity contribution in [1.29, 1.82) is 0 Å². The highest BCUT2D eigenvalue weighted by Crippen LogP contribution is 2.32. The van der Waals surface area contributed by atoms with Crippen molar-refractivity contribution < 1.29 is 4.79 Å². The first kappa shape index (κ1) is 12.3. The molecule has 2 aromatic rings. The van der Waals surface area contributed by atoms with Crippen LogP contribution in [-0.2, 0) is 0 Å². The van der Waals surface area contributed by atoms with Crippen LogP contribution in [0.25, 0.3) is 0 Å². The predicted octanol–water partition coefficient (Wildman–Crippen LogP) is 3.50. The Hall–Kier alpha value is -1.14. The largest absolute Gasteiger partial charge is 0.320 e. The van der Waals surface area contributed by atoms with Crippen LogP contribution in [0.4, 0.5) is 5.69 Å². The molecule has 0 aliphatic carbocycles. The number of nitrogens with zero attached hydrogens (tertiary/aromatic N) is 1. The number of halogens is 2. The molecule has 4 nitrogen and oxygen atoms in total. The van der Waals surface area contributed by atoms with E-state index in [0.717, 1.165) is 14.5 Å². The topological polar surface area (TPSA) is 57.8 Å². The summed E-state index contributed by atoms with van der Waals surface area (Å²) in [6.07, 6.45) is 3.02. The Bertz CT molecular complexity index is 529. The molecule has 0 spiro atoms. The average molecular weight is 359 g/mol. The molecule has 6 heteroatoms. The van der Waals surface area contributed by atoms with Gasteiger partial charge in [-0.2, -0.15) is 5.10 Å². The summed E-state index contributed by atoms with van der Waals surface area (Å²) in [5.74, 6) is -0.205. The van der Waals surface area contributed by atoms with Gasteiger partial charge in [0.25, 0.3) is 5.91 Å². The SMILES string of the molecule is Cc1cc(Br)c(NC(=O)c2cn[nH]c2)c(Br)c1. The third kappa shape index (κ3) is 2.76. The number of anilines is 1. The first-order valence-electron chi connectivity index (χ1n) is 4.83. The van der Waals surface area contributed by atoms with E-state index < -0.39 is 0 Å². The lowest BCUT2D eigenvalue weighted by atomic mass is 10.2. The molecule has 17 heavy (non-hydrogen) atoms. The third-order valence-electron chi connectivity index (χ3n) is 2.19. The van der Waals surface area contributed by atoms with Crippen LogP contribution in [0.2, 0.25) is 0 Å². The van der Waals surface area contributed by atoms with Crippen molar-refractivity contribution in [1.82, 2.24) is 10.2 Å². The molecule has 1 amide bonds. The van der Waals surface area contributed by atoms with Crippen molar-refractivity contribution in [3.8, 4) is 0 Å². The van der Waals surface area contributed by atoms with E-state index in [-0.39, 0.29) is 5.91 Å². The molecule has 88 valence electrons. The van der Waals surface area contributed by atoms with Gasteiger partial charge < -0.3 is 5.32 Å². The summed E-state index contributed by atoms with van der Waals surface area (Å²) in [7, 11) is 0. The Kier molecular flexibility index (Phi) is 3.63. The molecule has 2 N–H and O–H groups in total. The first-order valence-corrected chi connectivity index (χ1v) is 6.42. The van der Waals surface area contributed by atoms with Gasteiger partial charge in [-0.05, 0) is 56.5 Å². The Labute approximate surface area is 115 Å². The Balaban J connectivity index is 2.28. The molecule has 0 aliphatic rings. The van der Waals surface area contributed by atoms with Crippen molar-refractivity contribution in [2.24, 2.45) is 0 Å². The second-order valence-electron chi connectivity index (χ2n) is 3.54. The Morgan fingerprint density at radius 2 is 2.00 bits per heavy atom. The zero-order valence-corrected chi connectivity index (χ0v) is 12.1. The van der Waals surface area contributed by atoms with Gasteiger partial charge in [-0.1, -0.05) is 0 Å². The van der Waals surface area contributed by atoms with Gasteiger partial charge in [0.2, 0.25) is 0 Å². The fraction of sp³-hybridized carbons (Fsp3) is 0.0909. The molecule has 1 aromatic heterocycles. The summed E-state index contributed by atoms with van der Waals surface area (Å²) in [5, 5.41) is 9.15. The number of hydrogen-bond acceptors (Lipinski definition) is 2. The second kappa shape index (κ2) is 5.01. The number of aromatic nitrogens is 2. The summed E-state index contributed by atoms with van der Waals surface area (Å²) in [6, 6.07) is 3.88. The molecule has 0 saturated carbocycles. The lowest BCUT2D eigenvalue weighted by Crippen LogP contribution is -2.12. The second-order valence-corrected chi connectivity index (χ2v) is 5.25. The van der Waals surface area contributed by atoms with Crippen molar-refractivity contribution in [2.75, 3.05) is 5.32 Å². The molecule has 0 aliphatic heterocycles. The normalized spacial score (nSPS) is 10.3. The zero-order chi connectivity index (χ0) is 12.4. The molecule has 1 aromatic carbocycles. The molecule has 1 heterocycles. The lowest BCUT2D eigenvalue weighted by Gasteiger charge is -2.09. The Morgan fingerprint density at radius 3 is 2.53 bits per heavy atom. The standard InChI is InChI=1S/C11H9Br2N3O/c1-6-2-8(12)10(9(13)3-6)16-11(17)7-4-14-15-5-7/h2-5H,1H3,(H,14,15)(H,16,17). The van der Waals surface area contributed by atoms with Crippen LogP contribution in [0, 0.1) is 6.92 Å². The van der Waals surface area contributed by atoms with Gasteiger partial charge in [0.05, 0.1) is 17.4 Å². The maximum absolute atomic E-state index is 11.9. The summed E-state index contributed by atoms with van der Waals surface area (Å²) in [4.78, 5) is 11.9. The maximum atomic E-state index is 11.9. The highest BCUT2D eigenvalue weighted by atomic mass is 79.9. The lowest BCUT2D eigenvalue weighted by molar-refractivity contribution is 0.102. The van der Waals surface area contributed by atoms with E-state index in [4.69, 9.17) is 0 Å². The average Bonchev–Trinajstić information content (AvgIpc) is 2.76. The Morgan fingerprint density at radius 1 is 1.35 bits per heavy atom. The molecule has 0 bridgehead atoms. The van der Waals surface area contributed by atoms with Crippen LogP contribution in [0.5, 0.6) is 0 Å². The fourth-order valence-electron chi connectivity index (χ4n) is 1.38. The summed E-state index contributed by atoms with van der Waals surface area (Å²) in [6.45, 7) is 1.98. The number of aryl methyl sites for hydroxylation is 1. The van der Waals surface area contributed by atoms with E-state index in [1.165, 1.54) is 6.20 Å². The van der Waals surface area contributed by atoms with E-state index >= 15 is 0 Å². The number of aromatic amines is 1. The molecule has 0 radical (unpaired) electrons. The van der Waals surface area contributed by atoms with Crippen molar-refractivity contribution >= 4 is 43.5 Å². The monoisotopic (exact) mass is 357 g/mol. The molecular weight excluding hydrogens is 350 g/mol. The van der Waals surface area contributed by atoms with Gasteiger partial charge in [0.15, 0.2) is 0 Å². The summed E-state index contributed by atoms with van der Waals surface area (Å²) in [5.41, 5.74) is 2.30. The minimum absolute atomic E-state index is 0.205. The molecule has 0 unspecified atom stereocenters. The maximum Gasteiger partial charge on any atom is 0.258 e. The molecule has 2 rings (SSSR count). The van der Waals surface area contributed by atoms with Gasteiger partial charge in [-0.3, -0.25) is 9.89 Å². The highest BCUT2D eigenvalue weighted by molar-refractivity contribution is 9.11. The molecule has 0 saturated heterocycles. The van der Waals surface area contributed by atoms with Crippen molar-refractivity contribution in [3.63, 3.8) is 0 Å². The number of rotatable bonds is 2. The predicted molar refractivity (Wildman–Crippen MR) is 73.1 cm³/mol. The van der Waals surface area contributed by atoms with Gasteiger partial charge in [-0.15, -0.1) is 0 Å².